The van der Waals surface area contributed by atoms with E-state index in [1.807, 2.05) is 6.92 Å². The van der Waals surface area contributed by atoms with Gasteiger partial charge in [0.25, 0.3) is 11.8 Å². The number of ether oxygens (including phenoxy) is 1. The van der Waals surface area contributed by atoms with Gasteiger partial charge in [0.15, 0.2) is 5.69 Å². The molecule has 0 unspecified atom stereocenters. The Kier molecular flexibility index (Phi) is 4.13. The zero-order chi connectivity index (χ0) is 13.8. The minimum atomic E-state index is -0.726. The van der Waals surface area contributed by atoms with Crippen LogP contribution < -0.4 is 5.48 Å². The fraction of sp³-hybridized carbons (Fsp3) is 0.545. The predicted molar refractivity (Wildman–Crippen MR) is 63.9 cm³/mol. The summed E-state index contributed by atoms with van der Waals surface area (Å²) in [4.78, 5) is 25.1. The molecule has 0 radical (unpaired) electrons. The fourth-order valence-corrected chi connectivity index (χ4v) is 1.94. The third kappa shape index (κ3) is 2.74. The molecule has 2 amide bonds. The van der Waals surface area contributed by atoms with Crippen LogP contribution in [0.3, 0.4) is 0 Å². The molecule has 0 spiro atoms. The summed E-state index contributed by atoms with van der Waals surface area (Å²) < 4.78 is 6.70. The Hall–Kier alpha value is -1.93. The van der Waals surface area contributed by atoms with Crippen molar-refractivity contribution in [3.8, 4) is 0 Å². The molecule has 0 bridgehead atoms. The number of carbonyl (C=O) groups is 2. The number of hydrogen-bond acceptors (Lipinski definition) is 5. The number of hydroxylamine groups is 1. The number of amides is 2. The lowest BCUT2D eigenvalue weighted by molar-refractivity contribution is 0.0595. The van der Waals surface area contributed by atoms with Crippen molar-refractivity contribution in [3.63, 3.8) is 0 Å². The Balaban J connectivity index is 2.10. The molecule has 2 rings (SSSR count). The van der Waals surface area contributed by atoms with E-state index in [1.54, 1.807) is 4.90 Å². The van der Waals surface area contributed by atoms with Crippen LogP contribution in [-0.4, -0.2) is 58.0 Å². The Bertz CT molecular complexity index is 485. The maximum absolute atomic E-state index is 12.2. The normalized spacial score (nSPS) is 14.4. The third-order valence-electron chi connectivity index (χ3n) is 2.91. The summed E-state index contributed by atoms with van der Waals surface area (Å²) in [5, 5.41) is 12.5. The smallest absolute Gasteiger partial charge is 0.295 e. The second-order valence-electron chi connectivity index (χ2n) is 4.07. The van der Waals surface area contributed by atoms with Crippen molar-refractivity contribution in [3.05, 3.63) is 17.5 Å². The Morgan fingerprint density at radius 3 is 3.05 bits per heavy atom. The second-order valence-corrected chi connectivity index (χ2v) is 4.07. The van der Waals surface area contributed by atoms with Crippen LogP contribution in [0.2, 0.25) is 0 Å². The summed E-state index contributed by atoms with van der Waals surface area (Å²) in [5.41, 5.74) is 1.87. The zero-order valence-corrected chi connectivity index (χ0v) is 10.6. The fourth-order valence-electron chi connectivity index (χ4n) is 1.94. The molecule has 19 heavy (non-hydrogen) atoms. The van der Waals surface area contributed by atoms with Gasteiger partial charge < -0.3 is 9.64 Å². The summed E-state index contributed by atoms with van der Waals surface area (Å²) >= 11 is 0. The molecule has 8 heteroatoms. The highest BCUT2D eigenvalue weighted by atomic mass is 16.5. The highest BCUT2D eigenvalue weighted by Crippen LogP contribution is 2.13. The number of hydrogen-bond donors (Lipinski definition) is 2. The number of rotatable bonds is 5. The van der Waals surface area contributed by atoms with Crippen molar-refractivity contribution >= 4 is 11.8 Å². The average Bonchev–Trinajstić information content (AvgIpc) is 2.85. The average molecular weight is 268 g/mol. The number of carbonyl (C=O) groups excluding carboxylic acids is 2. The van der Waals surface area contributed by atoms with Gasteiger partial charge in [0.05, 0.1) is 13.2 Å². The summed E-state index contributed by atoms with van der Waals surface area (Å²) in [6, 6.07) is 1.38. The van der Waals surface area contributed by atoms with Gasteiger partial charge in [0.2, 0.25) is 0 Å². The van der Waals surface area contributed by atoms with Crippen molar-refractivity contribution in [2.24, 2.45) is 0 Å². The Morgan fingerprint density at radius 2 is 2.37 bits per heavy atom. The molecule has 0 saturated carbocycles. The van der Waals surface area contributed by atoms with E-state index in [-0.39, 0.29) is 11.6 Å². The molecule has 0 saturated heterocycles. The Labute approximate surface area is 109 Å². The van der Waals surface area contributed by atoms with Gasteiger partial charge in [-0.05, 0) is 6.92 Å². The van der Waals surface area contributed by atoms with Crippen molar-refractivity contribution in [1.82, 2.24) is 20.2 Å². The zero-order valence-electron chi connectivity index (χ0n) is 10.6. The predicted octanol–water partition coefficient (Wildman–Crippen LogP) is -0.506. The SMILES string of the molecule is CCOCCN1CCn2nc(C(=O)NO)cc2C1=O. The molecule has 0 aliphatic carbocycles. The van der Waals surface area contributed by atoms with E-state index in [0.717, 1.165) is 0 Å². The topological polar surface area (TPSA) is 96.7 Å². The first-order chi connectivity index (χ1) is 9.17. The van der Waals surface area contributed by atoms with Crippen LogP contribution in [0.25, 0.3) is 0 Å². The molecule has 104 valence electrons. The second kappa shape index (κ2) is 5.81. The maximum atomic E-state index is 12.2. The van der Waals surface area contributed by atoms with Gasteiger partial charge in [-0.15, -0.1) is 0 Å². The van der Waals surface area contributed by atoms with Crippen molar-refractivity contribution in [1.29, 1.82) is 0 Å². The minimum Gasteiger partial charge on any atom is -0.380 e. The minimum absolute atomic E-state index is 0.0255. The summed E-state index contributed by atoms with van der Waals surface area (Å²) in [6.07, 6.45) is 0. The quantitative estimate of drug-likeness (QED) is 0.426. The van der Waals surface area contributed by atoms with E-state index in [9.17, 15) is 9.59 Å². The molecule has 1 aliphatic rings. The lowest BCUT2D eigenvalue weighted by Gasteiger charge is -2.27. The van der Waals surface area contributed by atoms with E-state index >= 15 is 0 Å². The molecular formula is C11H16N4O4. The molecule has 0 aromatic carbocycles. The molecule has 1 aromatic rings. The van der Waals surface area contributed by atoms with Crippen LogP contribution in [0.1, 0.15) is 27.9 Å². The molecule has 2 N–H and O–H groups in total. The standard InChI is InChI=1S/C11H16N4O4/c1-2-19-6-5-14-3-4-15-9(11(14)17)7-8(12-15)10(16)13-18/h7,18H,2-6H2,1H3,(H,13,16). The van der Waals surface area contributed by atoms with Gasteiger partial charge in [-0.3, -0.25) is 19.5 Å². The number of aromatic nitrogens is 2. The van der Waals surface area contributed by atoms with Crippen molar-refractivity contribution < 1.29 is 19.5 Å². The van der Waals surface area contributed by atoms with E-state index in [2.05, 4.69) is 5.10 Å². The van der Waals surface area contributed by atoms with Crippen LogP contribution in [-0.2, 0) is 11.3 Å². The van der Waals surface area contributed by atoms with E-state index in [4.69, 9.17) is 9.94 Å². The highest BCUT2D eigenvalue weighted by Gasteiger charge is 2.27. The summed E-state index contributed by atoms with van der Waals surface area (Å²) in [7, 11) is 0. The van der Waals surface area contributed by atoms with Crippen molar-refractivity contribution in [2.75, 3.05) is 26.3 Å². The monoisotopic (exact) mass is 268 g/mol. The molecule has 2 heterocycles. The highest BCUT2D eigenvalue weighted by molar-refractivity contribution is 5.97. The first-order valence-electron chi connectivity index (χ1n) is 6.06. The van der Waals surface area contributed by atoms with Crippen LogP contribution in [0.5, 0.6) is 0 Å². The first kappa shape index (κ1) is 13.5. The molecule has 0 fully saturated rings. The Morgan fingerprint density at radius 1 is 1.58 bits per heavy atom. The first-order valence-corrected chi connectivity index (χ1v) is 6.06. The number of nitrogens with one attached hydrogen (secondary N) is 1. The lowest BCUT2D eigenvalue weighted by atomic mass is 10.2. The molecule has 1 aromatic heterocycles. The molecular weight excluding hydrogens is 252 g/mol. The number of nitrogens with zero attached hydrogens (tertiary/aromatic N) is 3. The van der Waals surface area contributed by atoms with Gasteiger partial charge >= 0.3 is 0 Å². The largest absolute Gasteiger partial charge is 0.380 e. The van der Waals surface area contributed by atoms with Crippen LogP contribution in [0.15, 0.2) is 6.07 Å². The van der Waals surface area contributed by atoms with Gasteiger partial charge in [-0.2, -0.15) is 5.10 Å². The van der Waals surface area contributed by atoms with Gasteiger partial charge in [-0.25, -0.2) is 5.48 Å². The maximum Gasteiger partial charge on any atom is 0.295 e. The van der Waals surface area contributed by atoms with Crippen LogP contribution in [0.4, 0.5) is 0 Å². The van der Waals surface area contributed by atoms with E-state index in [0.29, 0.717) is 38.5 Å². The summed E-state index contributed by atoms with van der Waals surface area (Å²) in [5.74, 6) is -0.911. The number of fused-ring (bicyclic) bond motifs is 1. The van der Waals surface area contributed by atoms with Crippen molar-refractivity contribution in [2.45, 2.75) is 13.5 Å². The lowest BCUT2D eigenvalue weighted by Crippen LogP contribution is -2.42. The van der Waals surface area contributed by atoms with E-state index < -0.39 is 5.91 Å². The third-order valence-corrected chi connectivity index (χ3v) is 2.91. The van der Waals surface area contributed by atoms with Gasteiger partial charge in [0.1, 0.15) is 5.69 Å². The van der Waals surface area contributed by atoms with Crippen LogP contribution >= 0.6 is 0 Å². The summed E-state index contributed by atoms with van der Waals surface area (Å²) in [6.45, 7) is 4.56. The van der Waals surface area contributed by atoms with E-state index in [1.165, 1.54) is 16.2 Å². The molecule has 1 aliphatic heterocycles. The molecule has 8 nitrogen and oxygen atoms in total. The van der Waals surface area contributed by atoms with Gasteiger partial charge in [-0.1, -0.05) is 0 Å². The van der Waals surface area contributed by atoms with Gasteiger partial charge in [0, 0.05) is 25.8 Å². The molecule has 0 atom stereocenters. The van der Waals surface area contributed by atoms with Crippen LogP contribution in [0, 0.1) is 0 Å².